The first-order valence-corrected chi connectivity index (χ1v) is 10.8. The van der Waals surface area contributed by atoms with E-state index in [1.165, 1.54) is 6.26 Å². The van der Waals surface area contributed by atoms with E-state index in [4.69, 9.17) is 4.42 Å². The monoisotopic (exact) mass is 433 g/mol. The molecule has 3 N–H and O–H groups in total. The fourth-order valence-corrected chi connectivity index (χ4v) is 3.03. The van der Waals surface area contributed by atoms with Crippen LogP contribution in [0.3, 0.4) is 0 Å². The lowest BCUT2D eigenvalue weighted by Gasteiger charge is -2.22. The van der Waals surface area contributed by atoms with E-state index in [0.717, 1.165) is 30.9 Å². The third-order valence-electron chi connectivity index (χ3n) is 4.47. The summed E-state index contributed by atoms with van der Waals surface area (Å²) in [6.45, 7) is 8.33. The zero-order valence-corrected chi connectivity index (χ0v) is 19.5. The quantitative estimate of drug-likeness (QED) is 0.472. The van der Waals surface area contributed by atoms with E-state index in [1.54, 1.807) is 10.6 Å². The number of aromatic nitrogens is 2. The summed E-state index contributed by atoms with van der Waals surface area (Å²) in [5.41, 5.74) is 1.42. The Balaban J connectivity index is 0.00000106. The molecule has 0 fully saturated rings. The van der Waals surface area contributed by atoms with Gasteiger partial charge in [-0.3, -0.25) is 14.5 Å². The molecule has 3 rings (SSSR count). The first-order chi connectivity index (χ1) is 14.6. The normalized spacial score (nSPS) is 11.5. The zero-order valence-electron chi connectivity index (χ0n) is 18.6. The van der Waals surface area contributed by atoms with Crippen molar-refractivity contribution in [3.8, 4) is 0 Å². The van der Waals surface area contributed by atoms with Crippen LogP contribution in [0.25, 0.3) is 11.1 Å². The van der Waals surface area contributed by atoms with Crippen LogP contribution in [-0.2, 0) is 6.54 Å². The Morgan fingerprint density at radius 1 is 1.20 bits per heavy atom. The molecule has 0 radical (unpaired) electrons. The third-order valence-corrected chi connectivity index (χ3v) is 4.47. The van der Waals surface area contributed by atoms with Gasteiger partial charge in [0.1, 0.15) is 11.2 Å². The predicted molar refractivity (Wildman–Crippen MR) is 128 cm³/mol. The summed E-state index contributed by atoms with van der Waals surface area (Å²) in [5, 5.41) is 8.24. The number of nitrogens with two attached hydrogens (primary N) is 1. The first kappa shape index (κ1) is 25.9. The number of nitrogens with zero attached hydrogens (tertiary/aromatic N) is 3. The Kier molecular flexibility index (Phi) is 12.1. The maximum Gasteiger partial charge on any atom is 0.265 e. The minimum absolute atomic E-state index is 0.0131. The number of likely N-dealkylation sites (N-methyl/N-ethyl adjacent to an activating group) is 1. The van der Waals surface area contributed by atoms with Crippen LogP contribution in [0.1, 0.15) is 44.6 Å². The molecule has 0 bridgehead atoms. The molecule has 3 aromatic rings. The van der Waals surface area contributed by atoms with Crippen LogP contribution >= 0.6 is 12.8 Å². The number of nitrogens with one attached hydrogen (secondary N) is 1. The molecule has 0 aliphatic rings. The van der Waals surface area contributed by atoms with Gasteiger partial charge in [-0.05, 0) is 32.1 Å². The summed E-state index contributed by atoms with van der Waals surface area (Å²) in [6.07, 6.45) is 2.36. The van der Waals surface area contributed by atoms with Crippen LogP contribution in [0.2, 0.25) is 0 Å². The minimum atomic E-state index is -0.0598. The summed E-state index contributed by atoms with van der Waals surface area (Å²) in [6, 6.07) is 11.7. The summed E-state index contributed by atoms with van der Waals surface area (Å²) in [7, 11) is 4.09. The molecule has 1 aromatic carbocycles. The average Bonchev–Trinajstić information content (AvgIpc) is 3.26. The topological polar surface area (TPSA) is 89.3 Å². The Hall–Kier alpha value is -2.13. The standard InChI is InChI=1S/C20H26N4O2.C2H6.H3NS/c1-4-17(21-11-12-23(2)3)18-22-19-16(10-13-26-19)20(25)24(18)14-15-8-6-5-7-9-15;2*1-2/h5-10,13,17,21H,4,11-12,14H2,1-3H3;1-2H3;2H,1H2. The van der Waals surface area contributed by atoms with Gasteiger partial charge in [-0.2, -0.15) is 4.98 Å². The zero-order chi connectivity index (χ0) is 22.5. The summed E-state index contributed by atoms with van der Waals surface area (Å²) in [5.74, 6) is 0.725. The van der Waals surface area contributed by atoms with Gasteiger partial charge < -0.3 is 14.6 Å². The van der Waals surface area contributed by atoms with Gasteiger partial charge >= 0.3 is 0 Å². The third kappa shape index (κ3) is 6.98. The number of rotatable bonds is 8. The van der Waals surface area contributed by atoms with Crippen molar-refractivity contribution < 1.29 is 4.42 Å². The van der Waals surface area contributed by atoms with Crippen molar-refractivity contribution in [3.63, 3.8) is 0 Å². The van der Waals surface area contributed by atoms with Crippen LogP contribution in [0.5, 0.6) is 0 Å². The molecule has 7 nitrogen and oxygen atoms in total. The van der Waals surface area contributed by atoms with Crippen LogP contribution in [0, 0.1) is 0 Å². The molecule has 2 heterocycles. The fraction of sp³-hybridized carbons (Fsp3) is 0.455. The van der Waals surface area contributed by atoms with E-state index in [-0.39, 0.29) is 11.6 Å². The SMILES string of the molecule is CC.CCC(NCCN(C)C)c1nc2occc2c(=O)n1Cc1ccccc1.NS. The molecule has 0 spiro atoms. The number of thiol groups is 1. The average molecular weight is 434 g/mol. The molecule has 1 unspecified atom stereocenters. The van der Waals surface area contributed by atoms with Gasteiger partial charge in [0, 0.05) is 13.1 Å². The Morgan fingerprint density at radius 2 is 1.87 bits per heavy atom. The van der Waals surface area contributed by atoms with Crippen molar-refractivity contribution in [1.82, 2.24) is 19.8 Å². The molecule has 8 heteroatoms. The smallest absolute Gasteiger partial charge is 0.265 e. The number of furan rings is 1. The second-order valence-corrected chi connectivity index (χ2v) is 6.70. The highest BCUT2D eigenvalue weighted by Crippen LogP contribution is 2.18. The molecule has 2 aromatic heterocycles. The Labute approximate surface area is 184 Å². The highest BCUT2D eigenvalue weighted by Gasteiger charge is 2.20. The molecule has 0 aliphatic heterocycles. The van der Waals surface area contributed by atoms with Gasteiger partial charge in [-0.25, -0.2) is 0 Å². The number of hydrogen-bond acceptors (Lipinski definition) is 7. The molecule has 0 aliphatic carbocycles. The van der Waals surface area contributed by atoms with Gasteiger partial charge in [-0.1, -0.05) is 51.1 Å². The van der Waals surface area contributed by atoms with Crippen LogP contribution in [-0.4, -0.2) is 41.6 Å². The van der Waals surface area contributed by atoms with Gasteiger partial charge in [0.2, 0.25) is 5.71 Å². The van der Waals surface area contributed by atoms with Crippen molar-refractivity contribution in [2.24, 2.45) is 5.14 Å². The molecule has 166 valence electrons. The van der Waals surface area contributed by atoms with E-state index in [0.29, 0.717) is 17.6 Å². The largest absolute Gasteiger partial charge is 0.446 e. The van der Waals surface area contributed by atoms with Crippen LogP contribution in [0.4, 0.5) is 0 Å². The maximum atomic E-state index is 13.0. The van der Waals surface area contributed by atoms with E-state index in [2.05, 4.69) is 40.1 Å². The summed E-state index contributed by atoms with van der Waals surface area (Å²) in [4.78, 5) is 19.9. The summed E-state index contributed by atoms with van der Waals surface area (Å²) < 4.78 is 7.19. The van der Waals surface area contributed by atoms with Crippen molar-refractivity contribution in [2.75, 3.05) is 27.2 Å². The lowest BCUT2D eigenvalue weighted by Crippen LogP contribution is -2.35. The van der Waals surface area contributed by atoms with Crippen LogP contribution < -0.4 is 16.0 Å². The Bertz CT molecular complexity index is 909. The molecule has 0 amide bonds. The van der Waals surface area contributed by atoms with Crippen molar-refractivity contribution >= 4 is 23.9 Å². The molecule has 0 saturated heterocycles. The minimum Gasteiger partial charge on any atom is -0.446 e. The van der Waals surface area contributed by atoms with E-state index in [1.807, 2.05) is 58.3 Å². The molecule has 30 heavy (non-hydrogen) atoms. The van der Waals surface area contributed by atoms with E-state index in [9.17, 15) is 4.79 Å². The maximum absolute atomic E-state index is 13.0. The number of benzene rings is 1. The van der Waals surface area contributed by atoms with Crippen LogP contribution in [0.15, 0.2) is 51.9 Å². The molecule has 1 atom stereocenters. The van der Waals surface area contributed by atoms with Gasteiger partial charge in [0.05, 0.1) is 18.8 Å². The predicted octanol–water partition coefficient (Wildman–Crippen LogP) is 3.46. The highest BCUT2D eigenvalue weighted by molar-refractivity contribution is 7.77. The summed E-state index contributed by atoms with van der Waals surface area (Å²) >= 11 is 3.03. The fourth-order valence-electron chi connectivity index (χ4n) is 3.03. The highest BCUT2D eigenvalue weighted by atomic mass is 32.1. The lowest BCUT2D eigenvalue weighted by molar-refractivity contribution is 0.373. The van der Waals surface area contributed by atoms with E-state index < -0.39 is 0 Å². The second-order valence-electron chi connectivity index (χ2n) is 6.70. The number of hydrogen-bond donors (Lipinski definition) is 3. The van der Waals surface area contributed by atoms with Crippen molar-refractivity contribution in [2.45, 2.75) is 39.8 Å². The number of fused-ring (bicyclic) bond motifs is 1. The first-order valence-electron chi connectivity index (χ1n) is 10.3. The van der Waals surface area contributed by atoms with Gasteiger partial charge in [-0.15, -0.1) is 12.8 Å². The van der Waals surface area contributed by atoms with Crippen molar-refractivity contribution in [3.05, 3.63) is 64.4 Å². The van der Waals surface area contributed by atoms with Gasteiger partial charge in [0.25, 0.3) is 5.56 Å². The van der Waals surface area contributed by atoms with Gasteiger partial charge in [0.15, 0.2) is 0 Å². The van der Waals surface area contributed by atoms with E-state index >= 15 is 0 Å². The molecular formula is C22H35N5O2S. The van der Waals surface area contributed by atoms with Crippen molar-refractivity contribution in [1.29, 1.82) is 0 Å². The molecular weight excluding hydrogens is 398 g/mol. The lowest BCUT2D eigenvalue weighted by atomic mass is 10.1. The second kappa shape index (κ2) is 14.0. The Morgan fingerprint density at radius 3 is 2.47 bits per heavy atom. The molecule has 0 saturated carbocycles.